The number of methoxy groups -OCH3 is 1. The molecule has 246 valence electrons. The lowest BCUT2D eigenvalue weighted by Crippen LogP contribution is -2.24. The van der Waals surface area contributed by atoms with Gasteiger partial charge in [0, 0.05) is 25.2 Å². The summed E-state index contributed by atoms with van der Waals surface area (Å²) in [6.07, 6.45) is 0. The number of hydrogen-bond donors (Lipinski definition) is 1. The summed E-state index contributed by atoms with van der Waals surface area (Å²) in [7, 11) is 4.51. The quantitative estimate of drug-likeness (QED) is 0.179. The SMILES string of the molecule is CC(C)c1cc(Sc2c(Cl)cc(CO)cc2Cl)nn(C)c1=O.COC(=O)c1cc(Cl)c(Sc2cc(C(C)C)c(=O)n(C)n2)c(Cl)c1. The molecule has 0 aliphatic carbocycles. The zero-order valence-electron chi connectivity index (χ0n) is 26.0. The summed E-state index contributed by atoms with van der Waals surface area (Å²) in [5, 5.41) is 20.4. The molecular formula is C31H32Cl4N4O5S2. The number of nitrogens with zero attached hydrogens (tertiary/aromatic N) is 4. The van der Waals surface area contributed by atoms with Crippen LogP contribution in [0.25, 0.3) is 0 Å². The van der Waals surface area contributed by atoms with Crippen molar-refractivity contribution in [2.24, 2.45) is 14.1 Å². The lowest BCUT2D eigenvalue weighted by Gasteiger charge is -2.11. The molecule has 0 radical (unpaired) electrons. The molecule has 15 heteroatoms. The van der Waals surface area contributed by atoms with Crippen LogP contribution in [0, 0.1) is 0 Å². The number of aliphatic hydroxyl groups excluding tert-OH is 1. The minimum Gasteiger partial charge on any atom is -0.465 e. The predicted molar refractivity (Wildman–Crippen MR) is 186 cm³/mol. The highest BCUT2D eigenvalue weighted by atomic mass is 35.5. The number of rotatable bonds is 8. The molecule has 9 nitrogen and oxygen atoms in total. The molecule has 0 spiro atoms. The second kappa shape index (κ2) is 16.5. The van der Waals surface area contributed by atoms with Gasteiger partial charge in [-0.05, 0) is 53.8 Å². The van der Waals surface area contributed by atoms with E-state index in [2.05, 4.69) is 14.9 Å². The molecule has 0 bridgehead atoms. The summed E-state index contributed by atoms with van der Waals surface area (Å²) in [6.45, 7) is 7.68. The zero-order chi connectivity index (χ0) is 34.5. The molecule has 4 rings (SSSR count). The van der Waals surface area contributed by atoms with Gasteiger partial charge in [0.1, 0.15) is 10.1 Å². The minimum atomic E-state index is -0.516. The standard InChI is InChI=1S/C16H16Cl2N2O3S.C15H16Cl2N2O2S/c1-8(2)10-7-13(19-20(3)15(10)21)24-14-11(17)5-9(6-12(14)18)16(22)23-4;1-8(2)10-6-13(18-19(3)15(10)21)22-14-11(16)4-9(7-20)5-12(14)17/h5-8H,1-4H3;4-6,8,20H,7H2,1-3H3. The number of benzene rings is 2. The maximum atomic E-state index is 12.1. The summed E-state index contributed by atoms with van der Waals surface area (Å²) in [5.74, 6) is -0.347. The predicted octanol–water partition coefficient (Wildman–Crippen LogP) is 8.00. The van der Waals surface area contributed by atoms with E-state index in [9.17, 15) is 14.4 Å². The Morgan fingerprint density at radius 2 is 1.13 bits per heavy atom. The van der Waals surface area contributed by atoms with E-state index in [1.165, 1.54) is 52.1 Å². The lowest BCUT2D eigenvalue weighted by atomic mass is 10.1. The minimum absolute atomic E-state index is 0.0682. The topological polar surface area (TPSA) is 116 Å². The van der Waals surface area contributed by atoms with Crippen molar-refractivity contribution in [2.75, 3.05) is 7.11 Å². The van der Waals surface area contributed by atoms with Gasteiger partial charge in [-0.3, -0.25) is 9.59 Å². The number of aliphatic hydroxyl groups is 1. The molecule has 46 heavy (non-hydrogen) atoms. The maximum absolute atomic E-state index is 12.1. The number of aryl methyl sites for hydroxylation is 2. The normalized spacial score (nSPS) is 11.1. The van der Waals surface area contributed by atoms with Gasteiger partial charge in [-0.2, -0.15) is 10.2 Å². The zero-order valence-corrected chi connectivity index (χ0v) is 30.7. The summed E-state index contributed by atoms with van der Waals surface area (Å²) >= 11 is 27.5. The van der Waals surface area contributed by atoms with Crippen molar-refractivity contribution in [3.8, 4) is 0 Å². The van der Waals surface area contributed by atoms with E-state index < -0.39 is 5.97 Å². The molecule has 0 unspecified atom stereocenters. The van der Waals surface area contributed by atoms with Crippen LogP contribution in [0.4, 0.5) is 0 Å². The molecule has 0 saturated heterocycles. The molecule has 4 aromatic rings. The molecule has 0 atom stereocenters. The smallest absolute Gasteiger partial charge is 0.337 e. The first-order valence-corrected chi connectivity index (χ1v) is 16.9. The van der Waals surface area contributed by atoms with Gasteiger partial charge in [0.15, 0.2) is 0 Å². The van der Waals surface area contributed by atoms with E-state index in [0.29, 0.717) is 56.6 Å². The molecule has 0 saturated carbocycles. The highest BCUT2D eigenvalue weighted by molar-refractivity contribution is 7.99. The lowest BCUT2D eigenvalue weighted by molar-refractivity contribution is 0.0600. The van der Waals surface area contributed by atoms with Crippen LogP contribution in [0.1, 0.15) is 66.6 Å². The number of esters is 1. The summed E-state index contributed by atoms with van der Waals surface area (Å²) in [5.41, 5.74) is 2.04. The average molecular weight is 747 g/mol. The molecule has 2 aromatic heterocycles. The van der Waals surface area contributed by atoms with E-state index in [0.717, 1.165) is 0 Å². The summed E-state index contributed by atoms with van der Waals surface area (Å²) < 4.78 is 7.28. The molecule has 2 heterocycles. The van der Waals surface area contributed by atoms with E-state index in [4.69, 9.17) is 51.5 Å². The van der Waals surface area contributed by atoms with Crippen LogP contribution in [0.2, 0.25) is 20.1 Å². The van der Waals surface area contributed by atoms with Crippen LogP contribution in [-0.4, -0.2) is 37.7 Å². The first-order chi connectivity index (χ1) is 21.6. The number of ether oxygens (including phenoxy) is 1. The number of halogens is 4. The van der Waals surface area contributed by atoms with Gasteiger partial charge >= 0.3 is 5.97 Å². The molecule has 2 aromatic carbocycles. The highest BCUT2D eigenvalue weighted by Gasteiger charge is 2.18. The summed E-state index contributed by atoms with van der Waals surface area (Å²) in [6, 6.07) is 9.82. The second-order valence-electron chi connectivity index (χ2n) is 10.6. The number of aromatic nitrogens is 4. The first kappa shape index (κ1) is 37.9. The fourth-order valence-corrected chi connectivity index (χ4v) is 7.26. The number of carbonyl (C=O) groups excluding carboxylic acids is 1. The van der Waals surface area contributed by atoms with Crippen LogP contribution in [-0.2, 0) is 25.4 Å². The van der Waals surface area contributed by atoms with Crippen molar-refractivity contribution in [1.82, 2.24) is 19.6 Å². The Balaban J connectivity index is 0.000000251. The first-order valence-electron chi connectivity index (χ1n) is 13.8. The van der Waals surface area contributed by atoms with Crippen LogP contribution < -0.4 is 11.1 Å². The Morgan fingerprint density at radius 3 is 1.46 bits per heavy atom. The fourth-order valence-electron chi connectivity index (χ4n) is 4.04. The van der Waals surface area contributed by atoms with Crippen LogP contribution in [0.15, 0.2) is 65.8 Å². The van der Waals surface area contributed by atoms with Gasteiger partial charge in [0.2, 0.25) is 0 Å². The molecule has 0 amide bonds. The Bertz CT molecular complexity index is 1830. The van der Waals surface area contributed by atoms with Crippen molar-refractivity contribution >= 4 is 75.9 Å². The Hall–Kier alpha value is -2.51. The van der Waals surface area contributed by atoms with Gasteiger partial charge in [0.05, 0.1) is 49.2 Å². The number of carbonyl (C=O) groups is 1. The Morgan fingerprint density at radius 1 is 0.761 bits per heavy atom. The largest absolute Gasteiger partial charge is 0.465 e. The molecule has 1 N–H and O–H groups in total. The Kier molecular flexibility index (Phi) is 13.6. The van der Waals surface area contributed by atoms with E-state index in [-0.39, 0.29) is 35.1 Å². The third-order valence-corrected chi connectivity index (χ3v) is 10.2. The van der Waals surface area contributed by atoms with Gasteiger partial charge in [-0.25, -0.2) is 14.2 Å². The van der Waals surface area contributed by atoms with Gasteiger partial charge in [0.25, 0.3) is 11.1 Å². The van der Waals surface area contributed by atoms with E-state index in [1.807, 2.05) is 27.7 Å². The van der Waals surface area contributed by atoms with Crippen molar-refractivity contribution < 1.29 is 14.6 Å². The monoisotopic (exact) mass is 744 g/mol. The summed E-state index contributed by atoms with van der Waals surface area (Å²) in [4.78, 5) is 36.9. The third kappa shape index (κ3) is 9.31. The van der Waals surface area contributed by atoms with Crippen molar-refractivity contribution in [1.29, 1.82) is 0 Å². The molecule has 0 fully saturated rings. The van der Waals surface area contributed by atoms with Crippen LogP contribution >= 0.6 is 69.9 Å². The maximum Gasteiger partial charge on any atom is 0.337 e. The third-order valence-electron chi connectivity index (χ3n) is 6.45. The van der Waals surface area contributed by atoms with Gasteiger partial charge in [-0.15, -0.1) is 0 Å². The van der Waals surface area contributed by atoms with Crippen molar-refractivity contribution in [2.45, 2.75) is 66.0 Å². The van der Waals surface area contributed by atoms with Crippen LogP contribution in [0.5, 0.6) is 0 Å². The van der Waals surface area contributed by atoms with Crippen molar-refractivity contribution in [3.05, 3.63) is 99.5 Å². The van der Waals surface area contributed by atoms with E-state index in [1.54, 1.807) is 38.4 Å². The fraction of sp³-hybridized carbons (Fsp3) is 0.323. The van der Waals surface area contributed by atoms with Crippen LogP contribution in [0.3, 0.4) is 0 Å². The van der Waals surface area contributed by atoms with Crippen molar-refractivity contribution in [3.63, 3.8) is 0 Å². The molecular weight excluding hydrogens is 714 g/mol. The second-order valence-corrected chi connectivity index (χ2v) is 14.2. The number of hydrogen-bond acceptors (Lipinski definition) is 9. The van der Waals surface area contributed by atoms with E-state index >= 15 is 0 Å². The molecule has 0 aliphatic heterocycles. The Labute approximate surface area is 295 Å². The van der Waals surface area contributed by atoms with Gasteiger partial charge in [-0.1, -0.05) is 97.6 Å². The highest BCUT2D eigenvalue weighted by Crippen LogP contribution is 2.40. The molecule has 0 aliphatic rings. The average Bonchev–Trinajstić information content (AvgIpc) is 2.99. The van der Waals surface area contributed by atoms with Gasteiger partial charge < -0.3 is 9.84 Å².